The van der Waals surface area contributed by atoms with Crippen LogP contribution in [0.5, 0.6) is 0 Å². The normalized spacial score (nSPS) is 13.1. The minimum atomic E-state index is -0.779. The van der Waals surface area contributed by atoms with Crippen molar-refractivity contribution in [2.75, 3.05) is 6.54 Å². The molecule has 0 aromatic carbocycles. The molecule has 0 radical (unpaired) electrons. The number of amides is 1. The van der Waals surface area contributed by atoms with E-state index in [1.54, 1.807) is 0 Å². The van der Waals surface area contributed by atoms with Crippen LogP contribution in [-0.2, 0) is 9.59 Å². The number of unbranched alkanes of at least 4 members (excludes halogenated alkanes) is 1. The van der Waals surface area contributed by atoms with Crippen molar-refractivity contribution in [3.8, 4) is 0 Å². The Balaban J connectivity index is 3.87. The van der Waals surface area contributed by atoms with Gasteiger partial charge < -0.3 is 16.2 Å². The fourth-order valence-electron chi connectivity index (χ4n) is 1.78. The molecule has 0 aromatic heterocycles. The minimum absolute atomic E-state index is 0.0841. The molecule has 0 aliphatic heterocycles. The average molecular weight is 272 g/mol. The highest BCUT2D eigenvalue weighted by Crippen LogP contribution is 2.25. The molecule has 0 aliphatic carbocycles. The number of nitrogens with two attached hydrogens (primary N) is 1. The maximum absolute atomic E-state index is 11.7. The van der Waals surface area contributed by atoms with Gasteiger partial charge in [0.05, 0.1) is 6.04 Å². The van der Waals surface area contributed by atoms with Crippen molar-refractivity contribution in [1.82, 2.24) is 5.32 Å². The summed E-state index contributed by atoms with van der Waals surface area (Å²) in [6.45, 7) is 6.64. The van der Waals surface area contributed by atoms with Gasteiger partial charge in [-0.1, -0.05) is 33.6 Å². The standard InChI is InChI=1S/C14H28N2O3/c1-4-5-6-11(15)13(19)16-10-9-14(2,3)8-7-12(17)18/h11H,4-10,15H2,1-3H3,(H,16,19)(H,17,18). The molecule has 0 spiro atoms. The number of nitrogens with one attached hydrogen (secondary N) is 1. The van der Waals surface area contributed by atoms with Gasteiger partial charge in [-0.2, -0.15) is 0 Å². The van der Waals surface area contributed by atoms with Crippen molar-refractivity contribution < 1.29 is 14.7 Å². The molecule has 0 fully saturated rings. The Morgan fingerprint density at radius 2 is 1.95 bits per heavy atom. The summed E-state index contributed by atoms with van der Waals surface area (Å²) < 4.78 is 0. The lowest BCUT2D eigenvalue weighted by molar-refractivity contribution is -0.137. The topological polar surface area (TPSA) is 92.4 Å². The largest absolute Gasteiger partial charge is 0.481 e. The fourth-order valence-corrected chi connectivity index (χ4v) is 1.78. The molecule has 0 heterocycles. The summed E-state index contributed by atoms with van der Waals surface area (Å²) in [6.07, 6.45) is 4.23. The number of rotatable bonds is 10. The van der Waals surface area contributed by atoms with Crippen LogP contribution in [0.25, 0.3) is 0 Å². The Hall–Kier alpha value is -1.10. The molecule has 0 saturated carbocycles. The molecule has 1 atom stereocenters. The van der Waals surface area contributed by atoms with E-state index in [0.29, 0.717) is 19.4 Å². The van der Waals surface area contributed by atoms with Crippen molar-refractivity contribution in [2.24, 2.45) is 11.1 Å². The van der Waals surface area contributed by atoms with E-state index in [-0.39, 0.29) is 17.7 Å². The zero-order valence-corrected chi connectivity index (χ0v) is 12.4. The minimum Gasteiger partial charge on any atom is -0.481 e. The summed E-state index contributed by atoms with van der Waals surface area (Å²) in [7, 11) is 0. The zero-order chi connectivity index (χ0) is 14.9. The van der Waals surface area contributed by atoms with Crippen molar-refractivity contribution >= 4 is 11.9 Å². The van der Waals surface area contributed by atoms with Crippen LogP contribution in [0.15, 0.2) is 0 Å². The predicted octanol–water partition coefficient (Wildman–Crippen LogP) is 1.90. The Kier molecular flexibility index (Phi) is 8.39. The highest BCUT2D eigenvalue weighted by molar-refractivity contribution is 5.81. The van der Waals surface area contributed by atoms with Crippen LogP contribution in [-0.4, -0.2) is 29.6 Å². The Morgan fingerprint density at radius 3 is 2.47 bits per heavy atom. The van der Waals surface area contributed by atoms with Crippen molar-refractivity contribution in [3.63, 3.8) is 0 Å². The highest BCUT2D eigenvalue weighted by Gasteiger charge is 2.20. The van der Waals surface area contributed by atoms with E-state index in [4.69, 9.17) is 10.8 Å². The Bertz CT molecular complexity index is 290. The third-order valence-electron chi connectivity index (χ3n) is 3.32. The van der Waals surface area contributed by atoms with Crippen LogP contribution in [0, 0.1) is 5.41 Å². The van der Waals surface area contributed by atoms with Gasteiger partial charge in [0.15, 0.2) is 0 Å². The molecule has 0 saturated heterocycles. The fraction of sp³-hybridized carbons (Fsp3) is 0.857. The first-order valence-corrected chi connectivity index (χ1v) is 7.03. The first kappa shape index (κ1) is 17.9. The SMILES string of the molecule is CCCCC(N)C(=O)NCCC(C)(C)CCC(=O)O. The zero-order valence-electron chi connectivity index (χ0n) is 12.4. The molecule has 112 valence electrons. The van der Waals surface area contributed by atoms with E-state index in [0.717, 1.165) is 19.3 Å². The van der Waals surface area contributed by atoms with Gasteiger partial charge in [-0.3, -0.25) is 9.59 Å². The van der Waals surface area contributed by atoms with Crippen LogP contribution >= 0.6 is 0 Å². The lowest BCUT2D eigenvalue weighted by Crippen LogP contribution is -2.41. The lowest BCUT2D eigenvalue weighted by Gasteiger charge is -2.24. The smallest absolute Gasteiger partial charge is 0.303 e. The second-order valence-electron chi connectivity index (χ2n) is 5.85. The van der Waals surface area contributed by atoms with Gasteiger partial charge in [0, 0.05) is 13.0 Å². The Morgan fingerprint density at radius 1 is 1.32 bits per heavy atom. The molecule has 0 bridgehead atoms. The van der Waals surface area contributed by atoms with Crippen molar-refractivity contribution in [3.05, 3.63) is 0 Å². The van der Waals surface area contributed by atoms with Gasteiger partial charge in [0.2, 0.25) is 5.91 Å². The van der Waals surface area contributed by atoms with Crippen LogP contribution in [0.2, 0.25) is 0 Å². The number of hydrogen-bond acceptors (Lipinski definition) is 3. The third-order valence-corrected chi connectivity index (χ3v) is 3.32. The van der Waals surface area contributed by atoms with Crippen LogP contribution in [0.1, 0.15) is 59.3 Å². The van der Waals surface area contributed by atoms with Gasteiger partial charge in [-0.05, 0) is 24.7 Å². The number of carboxylic acids is 1. The Labute approximate surface area is 115 Å². The summed E-state index contributed by atoms with van der Waals surface area (Å²) in [5, 5.41) is 11.5. The molecule has 0 rings (SSSR count). The summed E-state index contributed by atoms with van der Waals surface area (Å²) in [4.78, 5) is 22.2. The van der Waals surface area contributed by atoms with Crippen molar-refractivity contribution in [1.29, 1.82) is 0 Å². The van der Waals surface area contributed by atoms with Gasteiger partial charge in [0.25, 0.3) is 0 Å². The second-order valence-corrected chi connectivity index (χ2v) is 5.85. The third kappa shape index (κ3) is 9.47. The summed E-state index contributed by atoms with van der Waals surface area (Å²) in [5.74, 6) is -0.888. The predicted molar refractivity (Wildman–Crippen MR) is 75.8 cm³/mol. The molecule has 5 nitrogen and oxygen atoms in total. The molecule has 1 amide bonds. The summed E-state index contributed by atoms with van der Waals surface area (Å²) in [6, 6.07) is -0.429. The summed E-state index contributed by atoms with van der Waals surface area (Å²) in [5.41, 5.74) is 5.68. The molecular formula is C14H28N2O3. The molecule has 4 N–H and O–H groups in total. The first-order chi connectivity index (χ1) is 8.78. The van der Waals surface area contributed by atoms with Gasteiger partial charge in [-0.15, -0.1) is 0 Å². The quantitative estimate of drug-likeness (QED) is 0.566. The molecule has 1 unspecified atom stereocenters. The molecule has 0 aliphatic rings. The highest BCUT2D eigenvalue weighted by atomic mass is 16.4. The monoisotopic (exact) mass is 272 g/mol. The van der Waals surface area contributed by atoms with E-state index in [1.165, 1.54) is 0 Å². The maximum Gasteiger partial charge on any atom is 0.303 e. The lowest BCUT2D eigenvalue weighted by atomic mass is 9.84. The number of aliphatic carboxylic acids is 1. The van der Waals surface area contributed by atoms with E-state index < -0.39 is 12.0 Å². The van der Waals surface area contributed by atoms with E-state index >= 15 is 0 Å². The summed E-state index contributed by atoms with van der Waals surface area (Å²) >= 11 is 0. The van der Waals surface area contributed by atoms with Crippen molar-refractivity contribution in [2.45, 2.75) is 65.3 Å². The van der Waals surface area contributed by atoms with Crippen LogP contribution in [0.3, 0.4) is 0 Å². The number of carbonyl (C=O) groups excluding carboxylic acids is 1. The second kappa shape index (κ2) is 8.91. The van der Waals surface area contributed by atoms with Crippen LogP contribution in [0.4, 0.5) is 0 Å². The number of hydrogen-bond donors (Lipinski definition) is 3. The first-order valence-electron chi connectivity index (χ1n) is 7.03. The van der Waals surface area contributed by atoms with E-state index in [1.807, 2.05) is 13.8 Å². The molecule has 19 heavy (non-hydrogen) atoms. The molecule has 0 aromatic rings. The number of carbonyl (C=O) groups is 2. The number of carboxylic acid groups (broad SMARTS) is 1. The van der Waals surface area contributed by atoms with Gasteiger partial charge in [-0.25, -0.2) is 0 Å². The van der Waals surface area contributed by atoms with Gasteiger partial charge >= 0.3 is 5.97 Å². The maximum atomic E-state index is 11.7. The van der Waals surface area contributed by atoms with E-state index in [9.17, 15) is 9.59 Å². The molecule has 5 heteroatoms. The van der Waals surface area contributed by atoms with E-state index in [2.05, 4.69) is 12.2 Å². The molecular weight excluding hydrogens is 244 g/mol. The van der Waals surface area contributed by atoms with Crippen LogP contribution < -0.4 is 11.1 Å². The average Bonchev–Trinajstić information content (AvgIpc) is 2.33. The van der Waals surface area contributed by atoms with Gasteiger partial charge in [0.1, 0.15) is 0 Å².